The molecule has 12 heteroatoms. The first-order valence-electron chi connectivity index (χ1n) is 13.7. The van der Waals surface area contributed by atoms with Gasteiger partial charge < -0.3 is 14.8 Å². The third-order valence-electron chi connectivity index (χ3n) is 7.60. The maximum Gasteiger partial charge on any atom is 0.283 e. The molecule has 224 valence electrons. The fourth-order valence-corrected chi connectivity index (χ4v) is 6.44. The zero-order valence-corrected chi connectivity index (χ0v) is 25.9. The molecule has 0 saturated carbocycles. The Kier molecular flexibility index (Phi) is 9.12. The van der Waals surface area contributed by atoms with E-state index in [-0.39, 0.29) is 39.3 Å². The number of nitrogens with one attached hydrogen (secondary N) is 2. The van der Waals surface area contributed by atoms with Gasteiger partial charge in [-0.3, -0.25) is 14.4 Å². The highest BCUT2D eigenvalue weighted by Crippen LogP contribution is 2.42. The average Bonchev–Trinajstić information content (AvgIpc) is 3.38. The Morgan fingerprint density at radius 2 is 1.69 bits per heavy atom. The summed E-state index contributed by atoms with van der Waals surface area (Å²) in [6.45, 7) is 9.08. The highest BCUT2D eigenvalue weighted by molar-refractivity contribution is 7.90. The molecule has 42 heavy (non-hydrogen) atoms. The quantitative estimate of drug-likeness (QED) is 0.395. The Labute approximate surface area is 251 Å². The van der Waals surface area contributed by atoms with Crippen molar-refractivity contribution in [3.8, 4) is 0 Å². The predicted octanol–water partition coefficient (Wildman–Crippen LogP) is 3.99. The topological polar surface area (TPSA) is 130 Å². The summed E-state index contributed by atoms with van der Waals surface area (Å²) in [5.74, 6) is -1.57. The van der Waals surface area contributed by atoms with Crippen LogP contribution in [0, 0.1) is 11.3 Å². The fourth-order valence-electron chi connectivity index (χ4n) is 5.36. The molecule has 1 aromatic heterocycles. The summed E-state index contributed by atoms with van der Waals surface area (Å²) in [4.78, 5) is 45.3. The van der Waals surface area contributed by atoms with E-state index >= 15 is 0 Å². The van der Waals surface area contributed by atoms with Gasteiger partial charge in [0.05, 0.1) is 6.33 Å². The number of sulfonamides is 1. The molecule has 2 atom stereocenters. The molecule has 1 aliphatic heterocycles. The minimum absolute atomic E-state index is 0.0272. The van der Waals surface area contributed by atoms with Crippen LogP contribution in [0.2, 0.25) is 5.02 Å². The van der Waals surface area contributed by atoms with E-state index < -0.39 is 27.9 Å². The third-order valence-corrected chi connectivity index (χ3v) is 9.07. The SMILES string of the molecule is CC(C)[C@@H](NC(=O)c1cccc(C(=O)NS(=O)(=O)c2cn(C)cn2)c1)C(=O)N1CC[C@H](c2ccc(Cl)cc2)C(C)(C)C1. The van der Waals surface area contributed by atoms with Crippen LogP contribution in [0.1, 0.15) is 66.3 Å². The molecule has 10 nitrogen and oxygen atoms in total. The molecule has 2 heterocycles. The van der Waals surface area contributed by atoms with E-state index in [4.69, 9.17) is 11.6 Å². The predicted molar refractivity (Wildman–Crippen MR) is 160 cm³/mol. The molecule has 2 aromatic carbocycles. The van der Waals surface area contributed by atoms with E-state index in [1.807, 2.05) is 47.7 Å². The number of aryl methyl sites for hydroxylation is 1. The van der Waals surface area contributed by atoms with Crippen molar-refractivity contribution in [1.29, 1.82) is 0 Å². The number of benzene rings is 2. The van der Waals surface area contributed by atoms with E-state index in [0.717, 1.165) is 6.42 Å². The van der Waals surface area contributed by atoms with Crippen molar-refractivity contribution in [1.82, 2.24) is 24.5 Å². The molecule has 4 rings (SSSR count). The Bertz CT molecular complexity index is 1580. The lowest BCUT2D eigenvalue weighted by Crippen LogP contribution is -2.55. The maximum absolute atomic E-state index is 13.7. The number of likely N-dealkylation sites (tertiary alicyclic amines) is 1. The molecule has 1 aliphatic rings. The molecule has 0 radical (unpaired) electrons. The summed E-state index contributed by atoms with van der Waals surface area (Å²) in [7, 11) is -2.59. The van der Waals surface area contributed by atoms with Gasteiger partial charge in [-0.05, 0) is 59.6 Å². The zero-order valence-electron chi connectivity index (χ0n) is 24.3. The summed E-state index contributed by atoms with van der Waals surface area (Å²) in [5, 5.41) is 3.22. The second-order valence-corrected chi connectivity index (χ2v) is 13.8. The number of carbonyl (C=O) groups is 3. The van der Waals surface area contributed by atoms with Gasteiger partial charge in [0.15, 0.2) is 5.03 Å². The zero-order chi connectivity index (χ0) is 30.8. The molecule has 0 unspecified atom stereocenters. The number of aromatic nitrogens is 2. The molecule has 1 fully saturated rings. The second kappa shape index (κ2) is 12.3. The third kappa shape index (κ3) is 7.01. The number of imidazole rings is 1. The minimum atomic E-state index is -4.20. The van der Waals surface area contributed by atoms with Crippen LogP contribution in [0.25, 0.3) is 0 Å². The van der Waals surface area contributed by atoms with Crippen LogP contribution in [0.15, 0.2) is 66.1 Å². The molecule has 1 saturated heterocycles. The van der Waals surface area contributed by atoms with E-state index in [0.29, 0.717) is 18.1 Å². The summed E-state index contributed by atoms with van der Waals surface area (Å²) < 4.78 is 28.5. The van der Waals surface area contributed by atoms with Crippen LogP contribution in [0.4, 0.5) is 0 Å². The van der Waals surface area contributed by atoms with Gasteiger partial charge in [-0.1, -0.05) is 57.5 Å². The first-order chi connectivity index (χ1) is 19.7. The number of nitrogens with zero attached hydrogens (tertiary/aromatic N) is 3. The molecule has 0 bridgehead atoms. The maximum atomic E-state index is 13.7. The Hall–Kier alpha value is -3.70. The van der Waals surface area contributed by atoms with Gasteiger partial charge in [-0.2, -0.15) is 8.42 Å². The first kappa shape index (κ1) is 31.2. The average molecular weight is 614 g/mol. The van der Waals surface area contributed by atoms with Crippen molar-refractivity contribution in [2.45, 2.75) is 51.1 Å². The van der Waals surface area contributed by atoms with Crippen LogP contribution < -0.4 is 10.0 Å². The number of halogens is 1. The lowest BCUT2D eigenvalue weighted by Gasteiger charge is -2.45. The number of carbonyl (C=O) groups excluding carboxylic acids is 3. The Balaban J connectivity index is 1.45. The highest BCUT2D eigenvalue weighted by atomic mass is 35.5. The number of hydrogen-bond donors (Lipinski definition) is 2. The van der Waals surface area contributed by atoms with Gasteiger partial charge in [0, 0.05) is 42.5 Å². The van der Waals surface area contributed by atoms with Crippen LogP contribution in [0.5, 0.6) is 0 Å². The van der Waals surface area contributed by atoms with Crippen molar-refractivity contribution in [3.05, 3.63) is 82.8 Å². The van der Waals surface area contributed by atoms with Gasteiger partial charge in [0.1, 0.15) is 6.04 Å². The van der Waals surface area contributed by atoms with Crippen LogP contribution >= 0.6 is 11.6 Å². The number of hydrogen-bond acceptors (Lipinski definition) is 6. The monoisotopic (exact) mass is 613 g/mol. The summed E-state index contributed by atoms with van der Waals surface area (Å²) in [6.07, 6.45) is 3.35. The van der Waals surface area contributed by atoms with E-state index in [2.05, 4.69) is 24.1 Å². The Morgan fingerprint density at radius 1 is 1.05 bits per heavy atom. The van der Waals surface area contributed by atoms with Crippen molar-refractivity contribution in [2.75, 3.05) is 13.1 Å². The molecular weight excluding hydrogens is 578 g/mol. The van der Waals surface area contributed by atoms with Crippen LogP contribution in [-0.2, 0) is 21.9 Å². The number of amides is 3. The molecule has 0 aliphatic carbocycles. The second-order valence-electron chi connectivity index (χ2n) is 11.7. The van der Waals surface area contributed by atoms with Gasteiger partial charge in [-0.15, -0.1) is 0 Å². The highest BCUT2D eigenvalue weighted by Gasteiger charge is 2.40. The summed E-state index contributed by atoms with van der Waals surface area (Å²) >= 11 is 6.08. The molecule has 2 N–H and O–H groups in total. The van der Waals surface area contributed by atoms with Crippen LogP contribution in [0.3, 0.4) is 0 Å². The standard InChI is InChI=1S/C30H36ClN5O5S/c1-19(2)26(29(39)36-14-13-24(30(3,4)17-36)20-9-11-23(31)12-10-20)33-27(37)21-7-6-8-22(15-21)28(38)34-42(40,41)25-16-35(5)18-32-25/h6-12,15-16,18-19,24,26H,13-14,17H2,1-5H3,(H,33,37)(H,34,38)/t24-,26-/m1/s1. The normalized spacial score (nSPS) is 17.5. The Morgan fingerprint density at radius 3 is 2.26 bits per heavy atom. The van der Waals surface area contributed by atoms with Gasteiger partial charge >= 0.3 is 0 Å². The lowest BCUT2D eigenvalue weighted by atomic mass is 9.70. The number of piperidine rings is 1. The van der Waals surface area contributed by atoms with Gasteiger partial charge in [-0.25, -0.2) is 9.71 Å². The smallest absolute Gasteiger partial charge is 0.283 e. The molecule has 3 amide bonds. The number of rotatable bonds is 8. The molecule has 0 spiro atoms. The van der Waals surface area contributed by atoms with Gasteiger partial charge in [0.25, 0.3) is 21.8 Å². The van der Waals surface area contributed by atoms with Crippen molar-refractivity contribution < 1.29 is 22.8 Å². The first-order valence-corrected chi connectivity index (χ1v) is 15.5. The molecular formula is C30H36ClN5O5S. The van der Waals surface area contributed by atoms with Crippen LogP contribution in [-0.4, -0.2) is 59.7 Å². The van der Waals surface area contributed by atoms with E-state index in [1.54, 1.807) is 7.05 Å². The summed E-state index contributed by atoms with van der Waals surface area (Å²) in [5.41, 5.74) is 1.07. The molecule has 3 aromatic rings. The van der Waals surface area contributed by atoms with Crippen molar-refractivity contribution >= 4 is 39.3 Å². The van der Waals surface area contributed by atoms with E-state index in [1.165, 1.54) is 46.9 Å². The van der Waals surface area contributed by atoms with Crippen molar-refractivity contribution in [3.63, 3.8) is 0 Å². The van der Waals surface area contributed by atoms with Gasteiger partial charge in [0.2, 0.25) is 5.91 Å². The lowest BCUT2D eigenvalue weighted by molar-refractivity contribution is -0.137. The van der Waals surface area contributed by atoms with Crippen molar-refractivity contribution in [2.24, 2.45) is 18.4 Å². The minimum Gasteiger partial charge on any atom is -0.340 e. The van der Waals surface area contributed by atoms with E-state index in [9.17, 15) is 22.8 Å². The summed E-state index contributed by atoms with van der Waals surface area (Å²) in [6, 6.07) is 12.7. The largest absolute Gasteiger partial charge is 0.340 e. The fraction of sp³-hybridized carbons (Fsp3) is 0.400.